The third-order valence-corrected chi connectivity index (χ3v) is 4.28. The Bertz CT molecular complexity index is 953. The second-order valence-electron chi connectivity index (χ2n) is 5.06. The van der Waals surface area contributed by atoms with Gasteiger partial charge in [0.15, 0.2) is 17.6 Å². The molecule has 3 rings (SSSR count). The van der Waals surface area contributed by atoms with Crippen molar-refractivity contribution in [3.63, 3.8) is 0 Å². The summed E-state index contributed by atoms with van der Waals surface area (Å²) in [7, 11) is 0. The number of hydrogen-bond donors (Lipinski definition) is 0. The molecule has 0 unspecified atom stereocenters. The van der Waals surface area contributed by atoms with Crippen molar-refractivity contribution in [2.45, 2.75) is 5.16 Å². The van der Waals surface area contributed by atoms with Crippen LogP contribution in [0.5, 0.6) is 0 Å². The summed E-state index contributed by atoms with van der Waals surface area (Å²) in [6, 6.07) is 17.3. The number of ether oxygens (including phenoxy) is 1. The highest BCUT2D eigenvalue weighted by atomic mass is 32.2. The summed E-state index contributed by atoms with van der Waals surface area (Å²) in [6.45, 7) is -0.300. The van der Waals surface area contributed by atoms with Crippen LogP contribution >= 0.6 is 11.8 Å². The molecule has 0 N–H and O–H groups in total. The maximum Gasteiger partial charge on any atom is 0.317 e. The van der Waals surface area contributed by atoms with Crippen molar-refractivity contribution in [1.82, 2.24) is 14.8 Å². The Labute approximate surface area is 153 Å². The maximum absolute atomic E-state index is 14.2. The molecule has 0 spiro atoms. The molecule has 6 nitrogen and oxygen atoms in total. The molecule has 130 valence electrons. The number of para-hydroxylation sites is 1. The van der Waals surface area contributed by atoms with Crippen molar-refractivity contribution < 1.29 is 13.9 Å². The molecule has 26 heavy (non-hydrogen) atoms. The highest BCUT2D eigenvalue weighted by Gasteiger charge is 2.19. The first-order valence-electron chi connectivity index (χ1n) is 7.62. The molecule has 0 bridgehead atoms. The molecule has 8 heteroatoms. The van der Waals surface area contributed by atoms with E-state index in [2.05, 4.69) is 10.2 Å². The Balaban J connectivity index is 1.97. The summed E-state index contributed by atoms with van der Waals surface area (Å²) in [5.41, 5.74) is 1.05. The SMILES string of the molecule is N#CCOC(=O)CSc1nnc(-c2ccccc2F)n1-c1ccccc1. The molecular weight excluding hydrogens is 355 g/mol. The van der Waals surface area contributed by atoms with Gasteiger partial charge >= 0.3 is 5.97 Å². The van der Waals surface area contributed by atoms with Gasteiger partial charge in [0.1, 0.15) is 11.9 Å². The average Bonchev–Trinajstić information content (AvgIpc) is 3.09. The zero-order chi connectivity index (χ0) is 18.4. The van der Waals surface area contributed by atoms with Crippen LogP contribution in [0.3, 0.4) is 0 Å². The lowest BCUT2D eigenvalue weighted by atomic mass is 10.2. The number of benzene rings is 2. The van der Waals surface area contributed by atoms with Crippen LogP contribution in [-0.4, -0.2) is 33.1 Å². The number of nitriles is 1. The van der Waals surface area contributed by atoms with E-state index in [1.165, 1.54) is 6.07 Å². The summed E-state index contributed by atoms with van der Waals surface area (Å²) >= 11 is 1.10. The molecule has 0 atom stereocenters. The lowest BCUT2D eigenvalue weighted by Gasteiger charge is -2.10. The molecule has 0 aliphatic heterocycles. The Morgan fingerprint density at radius 2 is 1.88 bits per heavy atom. The number of nitrogens with zero attached hydrogens (tertiary/aromatic N) is 4. The lowest BCUT2D eigenvalue weighted by molar-refractivity contribution is -0.139. The van der Waals surface area contributed by atoms with E-state index in [-0.39, 0.29) is 12.4 Å². The van der Waals surface area contributed by atoms with Gasteiger partial charge in [0.2, 0.25) is 0 Å². The summed E-state index contributed by atoms with van der Waals surface area (Å²) in [4.78, 5) is 11.6. The van der Waals surface area contributed by atoms with E-state index >= 15 is 0 Å². The Kier molecular flexibility index (Phi) is 5.61. The van der Waals surface area contributed by atoms with Crippen LogP contribution in [0, 0.1) is 17.1 Å². The highest BCUT2D eigenvalue weighted by molar-refractivity contribution is 7.99. The monoisotopic (exact) mass is 368 g/mol. The Morgan fingerprint density at radius 1 is 1.15 bits per heavy atom. The number of halogens is 1. The smallest absolute Gasteiger partial charge is 0.317 e. The number of carbonyl (C=O) groups excluding carboxylic acids is 1. The largest absolute Gasteiger partial charge is 0.450 e. The van der Waals surface area contributed by atoms with Gasteiger partial charge in [-0.3, -0.25) is 9.36 Å². The quantitative estimate of drug-likeness (QED) is 0.491. The van der Waals surface area contributed by atoms with Gasteiger partial charge in [-0.1, -0.05) is 42.1 Å². The Morgan fingerprint density at radius 3 is 2.62 bits per heavy atom. The summed E-state index contributed by atoms with van der Waals surface area (Å²) in [5, 5.41) is 17.1. The van der Waals surface area contributed by atoms with Crippen molar-refractivity contribution in [2.24, 2.45) is 0 Å². The van der Waals surface area contributed by atoms with Crippen LogP contribution in [0.1, 0.15) is 0 Å². The summed E-state index contributed by atoms with van der Waals surface area (Å²) in [6.07, 6.45) is 0. The second-order valence-corrected chi connectivity index (χ2v) is 6.01. The number of aromatic nitrogens is 3. The van der Waals surface area contributed by atoms with E-state index in [1.54, 1.807) is 28.8 Å². The molecule has 0 amide bonds. The van der Waals surface area contributed by atoms with E-state index in [1.807, 2.05) is 30.3 Å². The normalized spacial score (nSPS) is 10.3. The number of thioether (sulfide) groups is 1. The van der Waals surface area contributed by atoms with Gasteiger partial charge < -0.3 is 4.74 Å². The molecule has 1 heterocycles. The maximum atomic E-state index is 14.2. The van der Waals surface area contributed by atoms with Crippen LogP contribution in [0.15, 0.2) is 59.8 Å². The summed E-state index contributed by atoms with van der Waals surface area (Å²) < 4.78 is 20.7. The van der Waals surface area contributed by atoms with E-state index in [9.17, 15) is 9.18 Å². The molecule has 1 aromatic heterocycles. The molecular formula is C18H13FN4O2S. The van der Waals surface area contributed by atoms with Gasteiger partial charge in [-0.05, 0) is 24.3 Å². The first-order chi connectivity index (χ1) is 12.7. The number of rotatable bonds is 6. The molecule has 0 aliphatic carbocycles. The average molecular weight is 368 g/mol. The van der Waals surface area contributed by atoms with Gasteiger partial charge in [0.05, 0.1) is 11.3 Å². The predicted molar refractivity (Wildman–Crippen MR) is 94.0 cm³/mol. The highest BCUT2D eigenvalue weighted by Crippen LogP contribution is 2.29. The minimum atomic E-state index is -0.536. The minimum Gasteiger partial charge on any atom is -0.450 e. The van der Waals surface area contributed by atoms with Gasteiger partial charge in [0.25, 0.3) is 0 Å². The van der Waals surface area contributed by atoms with Gasteiger partial charge in [-0.15, -0.1) is 10.2 Å². The number of esters is 1. The van der Waals surface area contributed by atoms with E-state index in [0.717, 1.165) is 17.4 Å². The lowest BCUT2D eigenvalue weighted by Crippen LogP contribution is -2.08. The first kappa shape index (κ1) is 17.6. The molecule has 3 aromatic rings. The van der Waals surface area contributed by atoms with Crippen molar-refractivity contribution in [1.29, 1.82) is 5.26 Å². The van der Waals surface area contributed by atoms with Crippen molar-refractivity contribution in [2.75, 3.05) is 12.4 Å². The number of hydrogen-bond acceptors (Lipinski definition) is 6. The fourth-order valence-electron chi connectivity index (χ4n) is 2.27. The third-order valence-electron chi connectivity index (χ3n) is 3.38. The van der Waals surface area contributed by atoms with Gasteiger partial charge in [0, 0.05) is 5.69 Å². The standard InChI is InChI=1S/C18H13FN4O2S/c19-15-9-5-4-8-14(15)17-21-22-18(26-12-16(24)25-11-10-20)23(17)13-6-2-1-3-7-13/h1-9H,11-12H2. The first-order valence-corrected chi connectivity index (χ1v) is 8.60. The van der Waals surface area contributed by atoms with Crippen LogP contribution in [0.25, 0.3) is 17.1 Å². The van der Waals surface area contributed by atoms with Crippen LogP contribution in [0.2, 0.25) is 0 Å². The van der Waals surface area contributed by atoms with E-state index < -0.39 is 11.8 Å². The van der Waals surface area contributed by atoms with E-state index in [4.69, 9.17) is 10.00 Å². The zero-order valence-corrected chi connectivity index (χ0v) is 14.3. The topological polar surface area (TPSA) is 80.8 Å². The summed E-state index contributed by atoms with van der Waals surface area (Å²) in [5.74, 6) is -0.653. The van der Waals surface area contributed by atoms with Crippen LogP contribution in [-0.2, 0) is 9.53 Å². The fourth-order valence-corrected chi connectivity index (χ4v) is 3.02. The molecule has 0 saturated heterocycles. The molecule has 2 aromatic carbocycles. The Hall–Kier alpha value is -3.18. The number of carbonyl (C=O) groups is 1. The van der Waals surface area contributed by atoms with Crippen molar-refractivity contribution >= 4 is 17.7 Å². The minimum absolute atomic E-state index is 0.0378. The van der Waals surface area contributed by atoms with E-state index in [0.29, 0.717) is 16.5 Å². The molecule has 0 aliphatic rings. The fraction of sp³-hybridized carbons (Fsp3) is 0.111. The molecule has 0 radical (unpaired) electrons. The zero-order valence-electron chi connectivity index (χ0n) is 13.5. The van der Waals surface area contributed by atoms with Crippen molar-refractivity contribution in [3.05, 3.63) is 60.4 Å². The second kappa shape index (κ2) is 8.27. The van der Waals surface area contributed by atoms with Crippen LogP contribution < -0.4 is 0 Å². The van der Waals surface area contributed by atoms with Gasteiger partial charge in [-0.2, -0.15) is 5.26 Å². The predicted octanol–water partition coefficient (Wildman–Crippen LogP) is 3.23. The van der Waals surface area contributed by atoms with Gasteiger partial charge in [-0.25, -0.2) is 4.39 Å². The van der Waals surface area contributed by atoms with Crippen molar-refractivity contribution in [3.8, 4) is 23.1 Å². The molecule has 0 fully saturated rings. The van der Waals surface area contributed by atoms with Crippen LogP contribution in [0.4, 0.5) is 4.39 Å². The third kappa shape index (κ3) is 3.90. The molecule has 0 saturated carbocycles.